The minimum absolute atomic E-state index is 0.117. The Labute approximate surface area is 229 Å². The van der Waals surface area contributed by atoms with Crippen LogP contribution in [0.2, 0.25) is 0 Å². The number of benzene rings is 2. The molecule has 0 unspecified atom stereocenters. The third-order valence-corrected chi connectivity index (χ3v) is 7.39. The molecular weight excluding hydrogens is 511 g/mol. The van der Waals surface area contributed by atoms with Crippen LogP contribution in [0.4, 0.5) is 13.2 Å². The molecule has 2 aromatic carbocycles. The Morgan fingerprint density at radius 1 is 1.10 bits per heavy atom. The normalized spacial score (nSPS) is 16.3. The third kappa shape index (κ3) is 4.98. The predicted molar refractivity (Wildman–Crippen MR) is 155 cm³/mol. The molecule has 0 radical (unpaired) electrons. The summed E-state index contributed by atoms with van der Waals surface area (Å²) in [6, 6.07) is 16.5. The first-order valence-corrected chi connectivity index (χ1v) is 13.2. The second-order valence-electron chi connectivity index (χ2n) is 10.1. The van der Waals surface area contributed by atoms with Crippen molar-refractivity contribution in [1.82, 2.24) is 25.1 Å². The van der Waals surface area contributed by atoms with Gasteiger partial charge in [0, 0.05) is 35.8 Å². The van der Waals surface area contributed by atoms with Gasteiger partial charge in [-0.1, -0.05) is 43.0 Å². The van der Waals surface area contributed by atoms with Crippen molar-refractivity contribution in [2.24, 2.45) is 0 Å². The van der Waals surface area contributed by atoms with E-state index in [1.165, 1.54) is 12.1 Å². The number of pyridine rings is 1. The van der Waals surface area contributed by atoms with Gasteiger partial charge in [0.2, 0.25) is 0 Å². The maximum absolute atomic E-state index is 13.7. The Morgan fingerprint density at radius 2 is 1.93 bits per heavy atom. The van der Waals surface area contributed by atoms with Crippen molar-refractivity contribution in [1.29, 1.82) is 0 Å². The summed E-state index contributed by atoms with van der Waals surface area (Å²) < 4.78 is 40.9. The Balaban J connectivity index is 1.35. The zero-order valence-corrected chi connectivity index (χ0v) is 22.0. The maximum atomic E-state index is 13.7. The monoisotopic (exact) mass is 539 g/mol. The molecule has 0 spiro atoms. The lowest BCUT2D eigenvalue weighted by molar-refractivity contribution is 0.0131. The van der Waals surface area contributed by atoms with E-state index in [4.69, 9.17) is 0 Å². The minimum Gasteiger partial charge on any atom is -0.353 e. The standard InChI is InChI=1S/C32H28F3N5/c1-3-20(18-40-13-12-32(34,35)19-40)14-21(4-2)28-16-26-30(17-36-28)38-39-31(26)29-15-25-24(6-5-7-27(25)37-29)22-8-10-23(33)11-9-22/h3-11,14-17,37H,1,12-13,18-19H2,2H3,(H,38,39)/b20-14+,21-4+. The molecule has 1 fully saturated rings. The molecule has 5 aromatic rings. The zero-order chi connectivity index (χ0) is 27.9. The van der Waals surface area contributed by atoms with Crippen molar-refractivity contribution in [3.63, 3.8) is 0 Å². The van der Waals surface area contributed by atoms with E-state index in [-0.39, 0.29) is 18.8 Å². The van der Waals surface area contributed by atoms with E-state index in [0.717, 1.165) is 61.2 Å². The first-order chi connectivity index (χ1) is 19.3. The summed E-state index contributed by atoms with van der Waals surface area (Å²) in [7, 11) is 0. The third-order valence-electron chi connectivity index (χ3n) is 7.39. The highest BCUT2D eigenvalue weighted by Crippen LogP contribution is 2.35. The van der Waals surface area contributed by atoms with E-state index in [2.05, 4.69) is 32.8 Å². The molecule has 6 rings (SSSR count). The number of halogens is 3. The highest BCUT2D eigenvalue weighted by Gasteiger charge is 2.37. The molecular formula is C32H28F3N5. The summed E-state index contributed by atoms with van der Waals surface area (Å²) >= 11 is 0. The summed E-state index contributed by atoms with van der Waals surface area (Å²) in [6.45, 7) is 6.35. The van der Waals surface area contributed by atoms with Gasteiger partial charge in [0.1, 0.15) is 11.5 Å². The van der Waals surface area contributed by atoms with Crippen LogP contribution in [-0.4, -0.2) is 50.6 Å². The number of fused-ring (bicyclic) bond motifs is 2. The van der Waals surface area contributed by atoms with Crippen molar-refractivity contribution >= 4 is 27.4 Å². The topological polar surface area (TPSA) is 60.6 Å². The summed E-state index contributed by atoms with van der Waals surface area (Å²) in [4.78, 5) is 9.87. The number of H-pyrrole nitrogens is 2. The largest absolute Gasteiger partial charge is 0.353 e. The van der Waals surface area contributed by atoms with Gasteiger partial charge in [-0.05, 0) is 65.6 Å². The number of aromatic amines is 2. The summed E-state index contributed by atoms with van der Waals surface area (Å²) in [6.07, 6.45) is 7.25. The van der Waals surface area contributed by atoms with Crippen LogP contribution in [0.1, 0.15) is 19.0 Å². The fourth-order valence-electron chi connectivity index (χ4n) is 5.32. The Kier molecular flexibility index (Phi) is 6.64. The minimum atomic E-state index is -2.64. The number of hydrogen-bond donors (Lipinski definition) is 2. The van der Waals surface area contributed by atoms with Crippen LogP contribution in [0, 0.1) is 5.82 Å². The molecule has 8 heteroatoms. The van der Waals surface area contributed by atoms with Crippen LogP contribution in [0.3, 0.4) is 0 Å². The van der Waals surface area contributed by atoms with E-state index >= 15 is 0 Å². The van der Waals surface area contributed by atoms with E-state index < -0.39 is 5.92 Å². The molecule has 1 aliphatic rings. The number of allylic oxidation sites excluding steroid dienone is 3. The van der Waals surface area contributed by atoms with Crippen LogP contribution in [0.25, 0.3) is 49.9 Å². The average Bonchev–Trinajstić information content (AvgIpc) is 3.66. The second-order valence-corrected chi connectivity index (χ2v) is 10.1. The molecule has 0 atom stereocenters. The van der Waals surface area contributed by atoms with Gasteiger partial charge >= 0.3 is 0 Å². The lowest BCUT2D eigenvalue weighted by atomic mass is 10.0. The number of hydrogen-bond acceptors (Lipinski definition) is 3. The lowest BCUT2D eigenvalue weighted by Crippen LogP contribution is -2.26. The average molecular weight is 540 g/mol. The van der Waals surface area contributed by atoms with Gasteiger partial charge in [-0.2, -0.15) is 5.10 Å². The van der Waals surface area contributed by atoms with Crippen LogP contribution >= 0.6 is 0 Å². The first kappa shape index (κ1) is 25.8. The van der Waals surface area contributed by atoms with Gasteiger partial charge in [-0.3, -0.25) is 15.0 Å². The number of alkyl halides is 2. The highest BCUT2D eigenvalue weighted by atomic mass is 19.3. The number of likely N-dealkylation sites (tertiary alicyclic amines) is 1. The van der Waals surface area contributed by atoms with E-state index in [9.17, 15) is 13.2 Å². The second kappa shape index (κ2) is 10.3. The van der Waals surface area contributed by atoms with Crippen molar-refractivity contribution in [2.45, 2.75) is 19.3 Å². The van der Waals surface area contributed by atoms with Gasteiger partial charge in [0.15, 0.2) is 0 Å². The fourth-order valence-corrected chi connectivity index (χ4v) is 5.32. The summed E-state index contributed by atoms with van der Waals surface area (Å²) in [5.41, 5.74) is 7.71. The Hall–Kier alpha value is -4.43. The molecule has 0 saturated carbocycles. The van der Waals surface area contributed by atoms with Crippen molar-refractivity contribution in [3.8, 4) is 22.5 Å². The number of nitrogens with zero attached hydrogens (tertiary/aromatic N) is 3. The van der Waals surface area contributed by atoms with Gasteiger partial charge < -0.3 is 4.98 Å². The molecule has 5 nitrogen and oxygen atoms in total. The molecule has 3 aromatic heterocycles. The number of rotatable bonds is 7. The molecule has 0 amide bonds. The van der Waals surface area contributed by atoms with Crippen LogP contribution in [0.15, 0.2) is 91.2 Å². The predicted octanol–water partition coefficient (Wildman–Crippen LogP) is 7.77. The van der Waals surface area contributed by atoms with Crippen LogP contribution in [0.5, 0.6) is 0 Å². The maximum Gasteiger partial charge on any atom is 0.261 e. The van der Waals surface area contributed by atoms with Crippen molar-refractivity contribution in [2.75, 3.05) is 19.6 Å². The van der Waals surface area contributed by atoms with Crippen LogP contribution < -0.4 is 0 Å². The molecule has 0 bridgehead atoms. The van der Waals surface area contributed by atoms with E-state index in [1.54, 1.807) is 29.3 Å². The Bertz CT molecular complexity index is 1780. The first-order valence-electron chi connectivity index (χ1n) is 13.2. The zero-order valence-electron chi connectivity index (χ0n) is 22.0. The summed E-state index contributed by atoms with van der Waals surface area (Å²) in [5.74, 6) is -2.91. The van der Waals surface area contributed by atoms with Crippen LogP contribution in [-0.2, 0) is 0 Å². The molecule has 4 heterocycles. The van der Waals surface area contributed by atoms with Gasteiger partial charge in [0.25, 0.3) is 5.92 Å². The molecule has 0 aliphatic carbocycles. The Morgan fingerprint density at radius 3 is 2.65 bits per heavy atom. The number of aromatic nitrogens is 4. The van der Waals surface area contributed by atoms with Crippen molar-refractivity contribution < 1.29 is 13.2 Å². The molecule has 2 N–H and O–H groups in total. The lowest BCUT2D eigenvalue weighted by Gasteiger charge is -2.16. The molecule has 40 heavy (non-hydrogen) atoms. The molecule has 1 aliphatic heterocycles. The van der Waals surface area contributed by atoms with Crippen molar-refractivity contribution in [3.05, 3.63) is 103 Å². The highest BCUT2D eigenvalue weighted by molar-refractivity contribution is 6.01. The molecule has 202 valence electrons. The van der Waals surface area contributed by atoms with Gasteiger partial charge in [-0.25, -0.2) is 13.2 Å². The van der Waals surface area contributed by atoms with E-state index in [1.807, 2.05) is 43.3 Å². The quantitative estimate of drug-likeness (QED) is 0.208. The smallest absolute Gasteiger partial charge is 0.261 e. The van der Waals surface area contributed by atoms with Gasteiger partial charge in [-0.15, -0.1) is 0 Å². The van der Waals surface area contributed by atoms with Gasteiger partial charge in [0.05, 0.1) is 29.6 Å². The summed E-state index contributed by atoms with van der Waals surface area (Å²) in [5, 5.41) is 9.56. The SMILES string of the molecule is C=C/C(=C\C(=C/C)c1cc2c(-c3cc4c(-c5ccc(F)cc5)cccc4[nH]3)n[nH]c2cn1)CN1CCC(F)(F)C1. The fraction of sp³-hybridized carbons (Fsp3) is 0.188. The number of nitrogens with one attached hydrogen (secondary N) is 2. The molecule has 1 saturated heterocycles. The van der Waals surface area contributed by atoms with E-state index in [0.29, 0.717) is 13.1 Å².